The molecule has 0 aromatic carbocycles. The molecule has 0 N–H and O–H groups in total. The van der Waals surface area contributed by atoms with Gasteiger partial charge in [0.05, 0.1) is 24.3 Å². The lowest BCUT2D eigenvalue weighted by Gasteiger charge is -2.01. The predicted octanol–water partition coefficient (Wildman–Crippen LogP) is 2.19. The zero-order valence-corrected chi connectivity index (χ0v) is 8.16. The number of alkyl halides is 3. The van der Waals surface area contributed by atoms with E-state index in [0.29, 0.717) is 6.42 Å². The van der Waals surface area contributed by atoms with Crippen LogP contribution in [0.1, 0.15) is 30.5 Å². The van der Waals surface area contributed by atoms with E-state index in [1.54, 1.807) is 0 Å². The van der Waals surface area contributed by atoms with Crippen LogP contribution in [0.3, 0.4) is 0 Å². The highest BCUT2D eigenvalue weighted by atomic mass is 19.4. The molecule has 1 fully saturated rings. The molecule has 0 bridgehead atoms. The Hall–Kier alpha value is -1.58. The maximum absolute atomic E-state index is 11.9. The summed E-state index contributed by atoms with van der Waals surface area (Å²) in [5.41, 5.74) is 0. The topological polar surface area (TPSA) is 62.7 Å². The maximum Gasteiger partial charge on any atom is 0.389 e. The Balaban J connectivity index is 1.91. The molecule has 16 heavy (non-hydrogen) atoms. The number of nitriles is 1. The minimum absolute atomic E-state index is 0.0518. The largest absolute Gasteiger partial charge is 0.389 e. The zero-order chi connectivity index (χ0) is 11.8. The van der Waals surface area contributed by atoms with Gasteiger partial charge in [0.15, 0.2) is 5.82 Å². The number of hydrogen-bond acceptors (Lipinski definition) is 4. The van der Waals surface area contributed by atoms with Crippen molar-refractivity contribution in [2.45, 2.75) is 31.4 Å². The SMILES string of the molecule is N#CC1CC1c1nc(CCC(F)(F)F)no1. The van der Waals surface area contributed by atoms with Gasteiger partial charge in [0.2, 0.25) is 5.89 Å². The highest BCUT2D eigenvalue weighted by Gasteiger charge is 2.43. The normalized spacial score (nSPS) is 24.1. The molecule has 1 heterocycles. The molecule has 0 amide bonds. The van der Waals surface area contributed by atoms with E-state index in [0.717, 1.165) is 0 Å². The van der Waals surface area contributed by atoms with Crippen LogP contribution >= 0.6 is 0 Å². The minimum Gasteiger partial charge on any atom is -0.339 e. The molecule has 1 saturated carbocycles. The third kappa shape index (κ3) is 2.51. The van der Waals surface area contributed by atoms with Crippen molar-refractivity contribution in [2.75, 3.05) is 0 Å². The average Bonchev–Trinajstić information content (AvgIpc) is 2.84. The average molecular weight is 231 g/mol. The Morgan fingerprint density at radius 3 is 2.81 bits per heavy atom. The van der Waals surface area contributed by atoms with Crippen molar-refractivity contribution in [1.82, 2.24) is 10.1 Å². The summed E-state index contributed by atoms with van der Waals surface area (Å²) in [6.45, 7) is 0. The van der Waals surface area contributed by atoms with Crippen molar-refractivity contribution in [3.63, 3.8) is 0 Å². The van der Waals surface area contributed by atoms with E-state index in [1.165, 1.54) is 0 Å². The quantitative estimate of drug-likeness (QED) is 0.799. The molecule has 0 aliphatic heterocycles. The summed E-state index contributed by atoms with van der Waals surface area (Å²) in [6, 6.07) is 2.05. The van der Waals surface area contributed by atoms with Crippen LogP contribution in [0.25, 0.3) is 0 Å². The Kier molecular flexibility index (Phi) is 2.58. The maximum atomic E-state index is 11.9. The fraction of sp³-hybridized carbons (Fsp3) is 0.667. The van der Waals surface area contributed by atoms with Gasteiger partial charge in [-0.15, -0.1) is 0 Å². The third-order valence-corrected chi connectivity index (χ3v) is 2.39. The summed E-state index contributed by atoms with van der Waals surface area (Å²) in [5, 5.41) is 12.0. The van der Waals surface area contributed by atoms with E-state index in [1.807, 2.05) is 6.07 Å². The van der Waals surface area contributed by atoms with Crippen LogP contribution in [0, 0.1) is 17.2 Å². The van der Waals surface area contributed by atoms with Crippen LogP contribution in [0.4, 0.5) is 13.2 Å². The summed E-state index contributed by atoms with van der Waals surface area (Å²) in [7, 11) is 0. The van der Waals surface area contributed by atoms with Gasteiger partial charge in [0.1, 0.15) is 0 Å². The number of rotatable bonds is 3. The molecule has 4 nitrogen and oxygen atoms in total. The summed E-state index contributed by atoms with van der Waals surface area (Å²) in [6.07, 6.45) is -4.80. The molecule has 86 valence electrons. The molecule has 2 unspecified atom stereocenters. The highest BCUT2D eigenvalue weighted by Crippen LogP contribution is 2.46. The summed E-state index contributed by atoms with van der Waals surface area (Å²) in [5.74, 6) is 0.118. The predicted molar refractivity (Wildman–Crippen MR) is 45.1 cm³/mol. The lowest BCUT2D eigenvalue weighted by molar-refractivity contribution is -0.134. The van der Waals surface area contributed by atoms with Crippen molar-refractivity contribution in [2.24, 2.45) is 5.92 Å². The van der Waals surface area contributed by atoms with E-state index in [-0.39, 0.29) is 30.0 Å². The van der Waals surface area contributed by atoms with E-state index >= 15 is 0 Å². The van der Waals surface area contributed by atoms with Crippen molar-refractivity contribution >= 4 is 0 Å². The van der Waals surface area contributed by atoms with Crippen molar-refractivity contribution in [3.05, 3.63) is 11.7 Å². The van der Waals surface area contributed by atoms with E-state index < -0.39 is 12.6 Å². The van der Waals surface area contributed by atoms with E-state index in [9.17, 15) is 13.2 Å². The first-order valence-corrected chi connectivity index (χ1v) is 4.78. The molecule has 1 aliphatic carbocycles. The lowest BCUT2D eigenvalue weighted by Crippen LogP contribution is -2.09. The van der Waals surface area contributed by atoms with Gasteiger partial charge in [-0.1, -0.05) is 5.16 Å². The summed E-state index contributed by atoms with van der Waals surface area (Å²) in [4.78, 5) is 3.84. The molecule has 0 saturated heterocycles. The number of nitrogens with zero attached hydrogens (tertiary/aromatic N) is 3. The fourth-order valence-corrected chi connectivity index (χ4v) is 1.38. The standard InChI is InChI=1S/C9H8F3N3O/c10-9(11,12)2-1-7-14-8(16-15-7)6-3-5(6)4-13/h5-6H,1-3H2. The number of aryl methyl sites for hydroxylation is 1. The molecular weight excluding hydrogens is 223 g/mol. The molecule has 2 atom stereocenters. The summed E-state index contributed by atoms with van der Waals surface area (Å²) < 4.78 is 40.5. The number of hydrogen-bond donors (Lipinski definition) is 0. The molecular formula is C9H8F3N3O. The fourth-order valence-electron chi connectivity index (χ4n) is 1.38. The second-order valence-corrected chi connectivity index (χ2v) is 3.74. The molecule has 0 radical (unpaired) electrons. The second kappa shape index (κ2) is 3.77. The molecule has 7 heteroatoms. The zero-order valence-electron chi connectivity index (χ0n) is 8.16. The first-order valence-electron chi connectivity index (χ1n) is 4.78. The van der Waals surface area contributed by atoms with Gasteiger partial charge in [-0.2, -0.15) is 23.4 Å². The van der Waals surface area contributed by atoms with Crippen LogP contribution in [0.5, 0.6) is 0 Å². The van der Waals surface area contributed by atoms with Gasteiger partial charge in [0, 0.05) is 6.42 Å². The molecule has 2 rings (SSSR count). The Labute approximate surface area is 89.1 Å². The summed E-state index contributed by atoms with van der Waals surface area (Å²) >= 11 is 0. The molecule has 1 aromatic heterocycles. The van der Waals surface area contributed by atoms with Gasteiger partial charge in [-0.05, 0) is 6.42 Å². The number of aromatic nitrogens is 2. The lowest BCUT2D eigenvalue weighted by atomic mass is 10.3. The first-order chi connectivity index (χ1) is 7.49. The van der Waals surface area contributed by atoms with Crippen molar-refractivity contribution < 1.29 is 17.7 Å². The smallest absolute Gasteiger partial charge is 0.339 e. The second-order valence-electron chi connectivity index (χ2n) is 3.74. The Bertz CT molecular complexity index is 420. The Morgan fingerprint density at radius 2 is 2.25 bits per heavy atom. The van der Waals surface area contributed by atoms with E-state index in [4.69, 9.17) is 9.78 Å². The van der Waals surface area contributed by atoms with Crippen LogP contribution in [0.2, 0.25) is 0 Å². The van der Waals surface area contributed by atoms with Crippen LogP contribution in [-0.2, 0) is 6.42 Å². The molecule has 0 spiro atoms. The molecule has 1 aliphatic rings. The minimum atomic E-state index is -4.21. The van der Waals surface area contributed by atoms with Crippen LogP contribution in [-0.4, -0.2) is 16.3 Å². The third-order valence-electron chi connectivity index (χ3n) is 2.39. The van der Waals surface area contributed by atoms with Crippen molar-refractivity contribution in [3.8, 4) is 6.07 Å². The Morgan fingerprint density at radius 1 is 1.50 bits per heavy atom. The van der Waals surface area contributed by atoms with Crippen molar-refractivity contribution in [1.29, 1.82) is 5.26 Å². The monoisotopic (exact) mass is 231 g/mol. The van der Waals surface area contributed by atoms with Gasteiger partial charge < -0.3 is 4.52 Å². The van der Waals surface area contributed by atoms with E-state index in [2.05, 4.69) is 10.1 Å². The van der Waals surface area contributed by atoms with Gasteiger partial charge in [-0.3, -0.25) is 0 Å². The first kappa shape index (κ1) is 10.9. The van der Waals surface area contributed by atoms with Gasteiger partial charge in [-0.25, -0.2) is 0 Å². The highest BCUT2D eigenvalue weighted by molar-refractivity contribution is 5.15. The van der Waals surface area contributed by atoms with Crippen LogP contribution < -0.4 is 0 Å². The van der Waals surface area contributed by atoms with Crippen LogP contribution in [0.15, 0.2) is 4.52 Å². The number of halogens is 3. The van der Waals surface area contributed by atoms with Gasteiger partial charge >= 0.3 is 6.18 Å². The molecule has 1 aromatic rings. The van der Waals surface area contributed by atoms with Gasteiger partial charge in [0.25, 0.3) is 0 Å².